The van der Waals surface area contributed by atoms with Gasteiger partial charge in [0.15, 0.2) is 6.10 Å². The molecule has 0 bridgehead atoms. The maximum atomic E-state index is 12.5. The molecule has 1 N–H and O–H groups in total. The summed E-state index contributed by atoms with van der Waals surface area (Å²) in [6.45, 7) is 6.90. The summed E-state index contributed by atoms with van der Waals surface area (Å²) >= 11 is 0. The molecule has 2 atom stereocenters. The predicted octanol–water partition coefficient (Wildman–Crippen LogP) is 3.57. The molecule has 0 heterocycles. The topological polar surface area (TPSA) is 75.7 Å². The van der Waals surface area contributed by atoms with Crippen LogP contribution in [0.3, 0.4) is 0 Å². The number of nitrogens with one attached hydrogen (secondary N) is 1. The van der Waals surface area contributed by atoms with E-state index in [1.165, 1.54) is 17.8 Å². The molecule has 0 fully saturated rings. The molecule has 0 aromatic heterocycles. The number of benzene rings is 1. The van der Waals surface area contributed by atoms with Crippen LogP contribution in [0.5, 0.6) is 5.75 Å². The number of carbonyl (C=O) groups is 1. The van der Waals surface area contributed by atoms with Gasteiger partial charge in [-0.3, -0.25) is 9.10 Å². The van der Waals surface area contributed by atoms with Crippen molar-refractivity contribution in [2.75, 3.05) is 24.2 Å². The first-order chi connectivity index (χ1) is 12.7. The standard InChI is InChI=1S/C20H34N2O4S/c1-6-9-10-16(7-2)15-21-20(23)19(8-3)26-18-13-11-17(12-14-18)22(4)27(5,24)25/h11-14,16,19H,6-10,15H2,1-5H3,(H,21,23)/t16-,19+/m1/s1. The molecule has 1 rings (SSSR count). The fourth-order valence-electron chi connectivity index (χ4n) is 2.71. The average Bonchev–Trinajstić information content (AvgIpc) is 2.65. The second-order valence-corrected chi connectivity index (χ2v) is 8.91. The summed E-state index contributed by atoms with van der Waals surface area (Å²) in [5.41, 5.74) is 0.545. The van der Waals surface area contributed by atoms with Crippen LogP contribution in [-0.2, 0) is 14.8 Å². The summed E-state index contributed by atoms with van der Waals surface area (Å²) in [5, 5.41) is 3.01. The Kier molecular flexibility index (Phi) is 9.63. The molecule has 0 radical (unpaired) electrons. The zero-order valence-corrected chi connectivity index (χ0v) is 18.0. The van der Waals surface area contributed by atoms with Gasteiger partial charge in [0.05, 0.1) is 11.9 Å². The second-order valence-electron chi connectivity index (χ2n) is 6.90. The van der Waals surface area contributed by atoms with Gasteiger partial charge in [-0.2, -0.15) is 0 Å². The number of unbranched alkanes of at least 4 members (excludes halogenated alkanes) is 1. The highest BCUT2D eigenvalue weighted by Crippen LogP contribution is 2.21. The number of carbonyl (C=O) groups excluding carboxylic acids is 1. The minimum atomic E-state index is -3.31. The van der Waals surface area contributed by atoms with Crippen LogP contribution in [0.1, 0.15) is 52.9 Å². The quantitative estimate of drug-likeness (QED) is 0.584. The summed E-state index contributed by atoms with van der Waals surface area (Å²) in [4.78, 5) is 12.5. The summed E-state index contributed by atoms with van der Waals surface area (Å²) < 4.78 is 30.2. The first-order valence-electron chi connectivity index (χ1n) is 9.71. The molecule has 0 aliphatic rings. The van der Waals surface area contributed by atoms with E-state index in [1.54, 1.807) is 24.3 Å². The summed E-state index contributed by atoms with van der Waals surface area (Å²) in [6.07, 6.45) is 5.66. The Morgan fingerprint density at radius 3 is 2.26 bits per heavy atom. The number of nitrogens with zero attached hydrogens (tertiary/aromatic N) is 1. The van der Waals surface area contributed by atoms with Gasteiger partial charge in [0.2, 0.25) is 10.0 Å². The molecular formula is C20H34N2O4S. The Labute approximate surface area is 164 Å². The van der Waals surface area contributed by atoms with E-state index in [4.69, 9.17) is 4.74 Å². The van der Waals surface area contributed by atoms with E-state index in [9.17, 15) is 13.2 Å². The maximum absolute atomic E-state index is 12.5. The average molecular weight is 399 g/mol. The van der Waals surface area contributed by atoms with Gasteiger partial charge in [0, 0.05) is 13.6 Å². The van der Waals surface area contributed by atoms with E-state index in [0.29, 0.717) is 30.3 Å². The molecule has 1 aromatic rings. The Bertz CT molecular complexity index is 674. The lowest BCUT2D eigenvalue weighted by Gasteiger charge is -2.21. The fraction of sp³-hybridized carbons (Fsp3) is 0.650. The van der Waals surface area contributed by atoms with E-state index < -0.39 is 16.1 Å². The Hall–Kier alpha value is -1.76. The number of rotatable bonds is 12. The Morgan fingerprint density at radius 1 is 1.15 bits per heavy atom. The zero-order chi connectivity index (χ0) is 20.4. The van der Waals surface area contributed by atoms with Crippen LogP contribution in [0, 0.1) is 5.92 Å². The molecule has 0 spiro atoms. The van der Waals surface area contributed by atoms with Crippen molar-refractivity contribution in [3.63, 3.8) is 0 Å². The smallest absolute Gasteiger partial charge is 0.261 e. The van der Waals surface area contributed by atoms with Gasteiger partial charge >= 0.3 is 0 Å². The van der Waals surface area contributed by atoms with Crippen molar-refractivity contribution in [3.05, 3.63) is 24.3 Å². The summed E-state index contributed by atoms with van der Waals surface area (Å²) in [6, 6.07) is 6.70. The third kappa shape index (κ3) is 7.79. The lowest BCUT2D eigenvalue weighted by molar-refractivity contribution is -0.128. The molecule has 0 saturated carbocycles. The molecule has 6 nitrogen and oxygen atoms in total. The van der Waals surface area contributed by atoms with Gasteiger partial charge in [-0.25, -0.2) is 8.42 Å². The number of anilines is 1. The van der Waals surface area contributed by atoms with Gasteiger partial charge < -0.3 is 10.1 Å². The molecule has 1 amide bonds. The van der Waals surface area contributed by atoms with E-state index in [0.717, 1.165) is 25.5 Å². The van der Waals surface area contributed by atoms with Crippen LogP contribution in [0.15, 0.2) is 24.3 Å². The highest BCUT2D eigenvalue weighted by molar-refractivity contribution is 7.92. The fourth-order valence-corrected chi connectivity index (χ4v) is 3.22. The van der Waals surface area contributed by atoms with Crippen molar-refractivity contribution < 1.29 is 17.9 Å². The van der Waals surface area contributed by atoms with E-state index >= 15 is 0 Å². The lowest BCUT2D eigenvalue weighted by atomic mass is 9.99. The van der Waals surface area contributed by atoms with Crippen molar-refractivity contribution in [3.8, 4) is 5.75 Å². The van der Waals surface area contributed by atoms with Gasteiger partial charge in [-0.05, 0) is 43.0 Å². The predicted molar refractivity (Wildman–Crippen MR) is 111 cm³/mol. The van der Waals surface area contributed by atoms with Crippen LogP contribution >= 0.6 is 0 Å². The van der Waals surface area contributed by atoms with Gasteiger partial charge in [-0.15, -0.1) is 0 Å². The molecule has 154 valence electrons. The molecular weight excluding hydrogens is 364 g/mol. The Balaban J connectivity index is 2.65. The van der Waals surface area contributed by atoms with E-state index in [1.807, 2.05) is 6.92 Å². The molecule has 0 aliphatic heterocycles. The van der Waals surface area contributed by atoms with Crippen molar-refractivity contribution in [1.82, 2.24) is 5.32 Å². The highest BCUT2D eigenvalue weighted by atomic mass is 32.2. The maximum Gasteiger partial charge on any atom is 0.261 e. The molecule has 0 aliphatic carbocycles. The molecule has 0 saturated heterocycles. The van der Waals surface area contributed by atoms with Gasteiger partial charge in [0.25, 0.3) is 5.91 Å². The third-order valence-electron chi connectivity index (χ3n) is 4.75. The first-order valence-corrected chi connectivity index (χ1v) is 11.6. The second kappa shape index (κ2) is 11.2. The van der Waals surface area contributed by atoms with E-state index in [-0.39, 0.29) is 5.91 Å². The number of amides is 1. The summed E-state index contributed by atoms with van der Waals surface area (Å²) in [7, 11) is -1.81. The largest absolute Gasteiger partial charge is 0.481 e. The summed E-state index contributed by atoms with van der Waals surface area (Å²) in [5.74, 6) is 0.933. The molecule has 27 heavy (non-hydrogen) atoms. The number of ether oxygens (including phenoxy) is 1. The monoisotopic (exact) mass is 398 g/mol. The zero-order valence-electron chi connectivity index (χ0n) is 17.2. The first kappa shape index (κ1) is 23.3. The van der Waals surface area contributed by atoms with Crippen molar-refractivity contribution in [2.24, 2.45) is 5.92 Å². The SMILES string of the molecule is CCCC[C@@H](CC)CNC(=O)[C@H](CC)Oc1ccc(N(C)S(C)(=O)=O)cc1. The van der Waals surface area contributed by atoms with Crippen LogP contribution in [0.2, 0.25) is 0 Å². The Morgan fingerprint density at radius 2 is 1.78 bits per heavy atom. The van der Waals surface area contributed by atoms with Crippen molar-refractivity contribution in [1.29, 1.82) is 0 Å². The highest BCUT2D eigenvalue weighted by Gasteiger charge is 2.20. The van der Waals surface area contributed by atoms with Crippen molar-refractivity contribution in [2.45, 2.75) is 59.0 Å². The number of hydrogen-bond acceptors (Lipinski definition) is 4. The number of sulfonamides is 1. The van der Waals surface area contributed by atoms with Crippen LogP contribution in [0.4, 0.5) is 5.69 Å². The minimum absolute atomic E-state index is 0.107. The lowest BCUT2D eigenvalue weighted by Crippen LogP contribution is -2.40. The van der Waals surface area contributed by atoms with Crippen molar-refractivity contribution >= 4 is 21.6 Å². The van der Waals surface area contributed by atoms with Crippen LogP contribution < -0.4 is 14.4 Å². The normalized spacial score (nSPS) is 13.7. The van der Waals surface area contributed by atoms with Crippen LogP contribution in [-0.4, -0.2) is 40.3 Å². The van der Waals surface area contributed by atoms with E-state index in [2.05, 4.69) is 19.2 Å². The molecule has 0 unspecified atom stereocenters. The third-order valence-corrected chi connectivity index (χ3v) is 5.95. The van der Waals surface area contributed by atoms with Gasteiger partial charge in [0.1, 0.15) is 5.75 Å². The number of hydrogen-bond donors (Lipinski definition) is 1. The molecule has 1 aromatic carbocycles. The van der Waals surface area contributed by atoms with Gasteiger partial charge in [-0.1, -0.05) is 40.0 Å². The van der Waals surface area contributed by atoms with Crippen LogP contribution in [0.25, 0.3) is 0 Å². The minimum Gasteiger partial charge on any atom is -0.481 e. The molecule has 7 heteroatoms.